The van der Waals surface area contributed by atoms with Gasteiger partial charge in [-0.15, -0.1) is 5.10 Å². The summed E-state index contributed by atoms with van der Waals surface area (Å²) in [4.78, 5) is 20.9. The maximum absolute atomic E-state index is 11.2. The summed E-state index contributed by atoms with van der Waals surface area (Å²) in [5.41, 5.74) is -0.0715. The predicted octanol–water partition coefficient (Wildman–Crippen LogP) is 1.27. The smallest absolute Gasteiger partial charge is 0.361 e. The standard InChI is InChI=1S/C8H11N3O4/c1-2-3-4-15-8(12)6-5-7(10-9-6)11(13)14/h5H,2-4H2,1H3,(H,9,10). The molecule has 7 heteroatoms. The Hall–Kier alpha value is -1.92. The second-order valence-corrected chi connectivity index (χ2v) is 2.89. The number of ether oxygens (including phenoxy) is 1. The number of nitro groups is 1. The molecule has 1 heterocycles. The molecule has 0 saturated heterocycles. The van der Waals surface area contributed by atoms with E-state index in [-0.39, 0.29) is 11.5 Å². The average Bonchev–Trinajstić information content (AvgIpc) is 2.66. The van der Waals surface area contributed by atoms with E-state index in [0.29, 0.717) is 6.61 Å². The van der Waals surface area contributed by atoms with Crippen LogP contribution in [-0.4, -0.2) is 27.7 Å². The minimum atomic E-state index is -0.657. The number of nitrogens with zero attached hydrogens (tertiary/aromatic N) is 2. The van der Waals surface area contributed by atoms with Gasteiger partial charge in [0.1, 0.15) is 0 Å². The van der Waals surface area contributed by atoms with Gasteiger partial charge in [-0.3, -0.25) is 0 Å². The second kappa shape index (κ2) is 5.08. The lowest BCUT2D eigenvalue weighted by Crippen LogP contribution is -2.06. The van der Waals surface area contributed by atoms with Gasteiger partial charge < -0.3 is 14.9 Å². The summed E-state index contributed by atoms with van der Waals surface area (Å²) in [5, 5.41) is 15.9. The van der Waals surface area contributed by atoms with Gasteiger partial charge in [-0.05, 0) is 11.3 Å². The molecule has 0 aliphatic rings. The van der Waals surface area contributed by atoms with Gasteiger partial charge in [-0.2, -0.15) is 0 Å². The van der Waals surface area contributed by atoms with Gasteiger partial charge >= 0.3 is 11.8 Å². The molecule has 1 N–H and O–H groups in total. The van der Waals surface area contributed by atoms with Crippen LogP contribution in [0.15, 0.2) is 6.07 Å². The van der Waals surface area contributed by atoms with E-state index in [4.69, 9.17) is 4.74 Å². The predicted molar refractivity (Wildman–Crippen MR) is 50.4 cm³/mol. The van der Waals surface area contributed by atoms with Gasteiger partial charge in [-0.25, -0.2) is 4.79 Å². The molecule has 0 aromatic carbocycles. The number of hydrogen-bond donors (Lipinski definition) is 1. The minimum absolute atomic E-state index is 0.0715. The monoisotopic (exact) mass is 213 g/mol. The van der Waals surface area contributed by atoms with E-state index in [0.717, 1.165) is 18.9 Å². The number of nitrogens with one attached hydrogen (secondary N) is 1. The van der Waals surface area contributed by atoms with E-state index in [9.17, 15) is 14.9 Å². The zero-order chi connectivity index (χ0) is 11.3. The van der Waals surface area contributed by atoms with Crippen molar-refractivity contribution in [2.75, 3.05) is 6.61 Å². The molecular formula is C8H11N3O4. The van der Waals surface area contributed by atoms with Crippen molar-refractivity contribution in [2.45, 2.75) is 19.8 Å². The lowest BCUT2D eigenvalue weighted by Gasteiger charge is -1.98. The highest BCUT2D eigenvalue weighted by Gasteiger charge is 2.17. The molecule has 15 heavy (non-hydrogen) atoms. The molecule has 1 aromatic rings. The largest absolute Gasteiger partial charge is 0.461 e. The van der Waals surface area contributed by atoms with Gasteiger partial charge in [0, 0.05) is 0 Å². The van der Waals surface area contributed by atoms with Crippen LogP contribution in [0.1, 0.15) is 30.3 Å². The van der Waals surface area contributed by atoms with Crippen LogP contribution in [0, 0.1) is 10.1 Å². The Kier molecular flexibility index (Phi) is 3.78. The van der Waals surface area contributed by atoms with E-state index in [2.05, 4.69) is 10.2 Å². The number of carbonyl (C=O) groups is 1. The van der Waals surface area contributed by atoms with Crippen molar-refractivity contribution < 1.29 is 14.5 Å². The van der Waals surface area contributed by atoms with E-state index >= 15 is 0 Å². The van der Waals surface area contributed by atoms with Gasteiger partial charge in [0.2, 0.25) is 0 Å². The molecule has 0 aliphatic heterocycles. The molecular weight excluding hydrogens is 202 g/mol. The van der Waals surface area contributed by atoms with Crippen LogP contribution in [0.25, 0.3) is 0 Å². The minimum Gasteiger partial charge on any atom is -0.461 e. The lowest BCUT2D eigenvalue weighted by atomic mass is 10.3. The highest BCUT2D eigenvalue weighted by atomic mass is 16.6. The van der Waals surface area contributed by atoms with Crippen LogP contribution in [0.4, 0.5) is 5.82 Å². The topological polar surface area (TPSA) is 98.1 Å². The molecule has 82 valence electrons. The zero-order valence-electron chi connectivity index (χ0n) is 8.23. The van der Waals surface area contributed by atoms with Crippen molar-refractivity contribution in [3.8, 4) is 0 Å². The lowest BCUT2D eigenvalue weighted by molar-refractivity contribution is -0.389. The third-order valence-electron chi connectivity index (χ3n) is 1.70. The second-order valence-electron chi connectivity index (χ2n) is 2.89. The average molecular weight is 213 g/mol. The van der Waals surface area contributed by atoms with Crippen molar-refractivity contribution >= 4 is 11.8 Å². The number of hydrogen-bond acceptors (Lipinski definition) is 5. The van der Waals surface area contributed by atoms with Crippen LogP contribution < -0.4 is 0 Å². The number of esters is 1. The fraction of sp³-hybridized carbons (Fsp3) is 0.500. The highest BCUT2D eigenvalue weighted by Crippen LogP contribution is 2.08. The number of carbonyl (C=O) groups excluding carboxylic acids is 1. The Labute approximate surface area is 85.6 Å². The molecule has 0 amide bonds. The molecule has 0 unspecified atom stereocenters. The summed E-state index contributed by atoms with van der Waals surface area (Å²) in [6.45, 7) is 2.27. The van der Waals surface area contributed by atoms with Gasteiger partial charge in [-0.1, -0.05) is 18.4 Å². The van der Waals surface area contributed by atoms with Crippen LogP contribution in [-0.2, 0) is 4.74 Å². The van der Waals surface area contributed by atoms with Crippen molar-refractivity contribution in [1.82, 2.24) is 10.2 Å². The molecule has 1 aromatic heterocycles. The highest BCUT2D eigenvalue weighted by molar-refractivity contribution is 5.87. The van der Waals surface area contributed by atoms with Crippen LogP contribution in [0.2, 0.25) is 0 Å². The maximum Gasteiger partial charge on any atom is 0.361 e. The molecule has 7 nitrogen and oxygen atoms in total. The first-order valence-electron chi connectivity index (χ1n) is 4.52. The molecule has 0 fully saturated rings. The Bertz CT molecular complexity index is 361. The third kappa shape index (κ3) is 3.04. The summed E-state index contributed by atoms with van der Waals surface area (Å²) in [6.07, 6.45) is 1.67. The molecule has 0 bridgehead atoms. The number of aromatic nitrogens is 2. The van der Waals surface area contributed by atoms with Crippen molar-refractivity contribution in [2.24, 2.45) is 0 Å². The molecule has 0 spiro atoms. The van der Waals surface area contributed by atoms with Crippen LogP contribution in [0.5, 0.6) is 0 Å². The molecule has 0 atom stereocenters. The normalized spacial score (nSPS) is 9.93. The van der Waals surface area contributed by atoms with E-state index in [1.807, 2.05) is 6.92 Å². The summed E-state index contributed by atoms with van der Waals surface area (Å²) >= 11 is 0. The number of aromatic amines is 1. The van der Waals surface area contributed by atoms with Crippen molar-refractivity contribution in [3.05, 3.63) is 21.9 Å². The molecule has 1 rings (SSSR count). The summed E-state index contributed by atoms with van der Waals surface area (Å²) in [7, 11) is 0. The fourth-order valence-electron chi connectivity index (χ4n) is 0.893. The third-order valence-corrected chi connectivity index (χ3v) is 1.70. The first-order valence-corrected chi connectivity index (χ1v) is 4.52. The van der Waals surface area contributed by atoms with Gasteiger partial charge in [0.05, 0.1) is 12.7 Å². The molecule has 0 aliphatic carbocycles. The Morgan fingerprint density at radius 2 is 2.47 bits per heavy atom. The maximum atomic E-state index is 11.2. The SMILES string of the molecule is CCCCOC(=O)c1cc([N+](=O)[O-])[nH]n1. The van der Waals surface area contributed by atoms with Crippen molar-refractivity contribution in [3.63, 3.8) is 0 Å². The Morgan fingerprint density at radius 3 is 3.00 bits per heavy atom. The van der Waals surface area contributed by atoms with Gasteiger partial charge in [0.25, 0.3) is 0 Å². The van der Waals surface area contributed by atoms with Crippen molar-refractivity contribution in [1.29, 1.82) is 0 Å². The first kappa shape index (κ1) is 11.2. The summed E-state index contributed by atoms with van der Waals surface area (Å²) in [6, 6.07) is 1.05. The van der Waals surface area contributed by atoms with E-state index in [1.54, 1.807) is 0 Å². The van der Waals surface area contributed by atoms with Crippen LogP contribution in [0.3, 0.4) is 0 Å². The number of unbranched alkanes of at least 4 members (excludes halogenated alkanes) is 1. The molecule has 0 saturated carbocycles. The zero-order valence-corrected chi connectivity index (χ0v) is 8.23. The number of H-pyrrole nitrogens is 1. The number of rotatable bonds is 5. The quantitative estimate of drug-likeness (QED) is 0.343. The molecule has 0 radical (unpaired) electrons. The fourth-order valence-corrected chi connectivity index (χ4v) is 0.893. The van der Waals surface area contributed by atoms with E-state index < -0.39 is 10.9 Å². The van der Waals surface area contributed by atoms with Crippen LogP contribution >= 0.6 is 0 Å². The summed E-state index contributed by atoms with van der Waals surface area (Å²) < 4.78 is 4.82. The Morgan fingerprint density at radius 1 is 1.73 bits per heavy atom. The summed E-state index contributed by atoms with van der Waals surface area (Å²) in [5.74, 6) is -0.967. The first-order chi connectivity index (χ1) is 7.15. The Balaban J connectivity index is 2.54. The van der Waals surface area contributed by atoms with E-state index in [1.165, 1.54) is 0 Å². The van der Waals surface area contributed by atoms with Gasteiger partial charge in [0.15, 0.2) is 5.69 Å².